The molecule has 0 unspecified atom stereocenters. The molecule has 3 aromatic rings. The number of hydrogen-bond acceptors (Lipinski definition) is 11. The first-order chi connectivity index (χ1) is 20.6. The summed E-state index contributed by atoms with van der Waals surface area (Å²) in [5, 5.41) is 43.2. The quantitative estimate of drug-likeness (QED) is 0.106. The molecular weight excluding hydrogens is 652 g/mol. The van der Waals surface area contributed by atoms with Crippen LogP contribution in [0, 0.1) is 34.0 Å². The number of esters is 3. The van der Waals surface area contributed by atoms with Crippen molar-refractivity contribution < 1.29 is 38.9 Å². The summed E-state index contributed by atoms with van der Waals surface area (Å²) in [4.78, 5) is 41.0. The molecule has 0 aliphatic rings. The van der Waals surface area contributed by atoms with Gasteiger partial charge in [0.15, 0.2) is 5.78 Å². The highest BCUT2D eigenvalue weighted by molar-refractivity contribution is 7.54. The van der Waals surface area contributed by atoms with Gasteiger partial charge >= 0.3 is 29.3 Å². The van der Waals surface area contributed by atoms with E-state index in [9.17, 15) is 24.3 Å². The summed E-state index contributed by atoms with van der Waals surface area (Å²) in [7, 11) is 14.8. The van der Waals surface area contributed by atoms with E-state index in [0.29, 0.717) is 22.4 Å². The largest absolute Gasteiger partial charge is 0.643 e. The van der Waals surface area contributed by atoms with Crippen LogP contribution in [0.25, 0.3) is 0 Å². The molecule has 0 bridgehead atoms. The van der Waals surface area contributed by atoms with Gasteiger partial charge in [0.2, 0.25) is 0 Å². The van der Waals surface area contributed by atoms with Crippen LogP contribution in [0.5, 0.6) is 17.2 Å². The average molecular weight is 677 g/mol. The van der Waals surface area contributed by atoms with Crippen molar-refractivity contribution in [1.29, 1.82) is 15.8 Å². The van der Waals surface area contributed by atoms with Gasteiger partial charge in [-0.25, -0.2) is 30.1 Å². The van der Waals surface area contributed by atoms with Crippen LogP contribution in [-0.2, 0) is 19.1 Å². The summed E-state index contributed by atoms with van der Waals surface area (Å²) in [6.45, 7) is 5.04. The van der Waals surface area contributed by atoms with Crippen LogP contribution >= 0.6 is 30.1 Å². The highest BCUT2D eigenvalue weighted by Crippen LogP contribution is 2.18. The molecule has 11 nitrogen and oxygen atoms in total. The first-order valence-electron chi connectivity index (χ1n) is 11.8. The molecule has 0 spiro atoms. The molecule has 0 aromatic heterocycles. The zero-order valence-corrected chi connectivity index (χ0v) is 27.2. The molecule has 2 N–H and O–H groups in total. The Morgan fingerprint density at radius 1 is 0.659 bits per heavy atom. The summed E-state index contributed by atoms with van der Waals surface area (Å²) in [5.41, 5.74) is 1.67. The second-order valence-corrected chi connectivity index (χ2v) is 14.1. The number of nitriles is 3. The summed E-state index contributed by atoms with van der Waals surface area (Å²) in [6.07, 6.45) is 0. The van der Waals surface area contributed by atoms with E-state index in [4.69, 9.17) is 55.8 Å². The highest BCUT2D eigenvalue weighted by Gasteiger charge is 2.06. The summed E-state index contributed by atoms with van der Waals surface area (Å²) < 4.78 is 8.74. The predicted molar refractivity (Wildman–Crippen MR) is 164 cm³/mol. The minimum Gasteiger partial charge on any atom is -0.508 e. The van der Waals surface area contributed by atoms with Crippen LogP contribution in [0.3, 0.4) is 0 Å². The Morgan fingerprint density at radius 3 is 1.36 bits per heavy atom. The van der Waals surface area contributed by atoms with Crippen LogP contribution in [0.1, 0.15) is 54.7 Å². The molecule has 0 amide bonds. The van der Waals surface area contributed by atoms with Crippen molar-refractivity contribution in [2.24, 2.45) is 0 Å². The molecule has 3 rings (SSSR count). The fourth-order valence-corrected chi connectivity index (χ4v) is 2.39. The minimum atomic E-state index is -1.72. The second kappa shape index (κ2) is 23.9. The van der Waals surface area contributed by atoms with E-state index in [1.807, 2.05) is 18.2 Å². The number of halogens is 3. The molecule has 15 heteroatoms. The Bertz CT molecular complexity index is 1500. The van der Waals surface area contributed by atoms with Crippen LogP contribution in [-0.4, -0.2) is 45.3 Å². The van der Waals surface area contributed by atoms with E-state index < -0.39 is 23.3 Å². The van der Waals surface area contributed by atoms with Crippen molar-refractivity contribution in [2.75, 3.05) is 0 Å². The smallest absolute Gasteiger partial charge is 0.508 e. The SMILES string of the molecule is CC(=O)OC(C)=O.CC(=O)Oc1ccc(C#N)cc1.CC(=O)c1cc(C#N)ccc1O.N#Cc1ccc(O)cc1.[Cl][Al]([Cl])[Cl]. The Hall–Kier alpha value is -4.59. The number of ether oxygens (including phenoxy) is 2. The van der Waals surface area contributed by atoms with Crippen molar-refractivity contribution in [3.8, 4) is 35.5 Å². The first kappa shape index (κ1) is 41.5. The maximum Gasteiger partial charge on any atom is 0.643 e. The van der Waals surface area contributed by atoms with Gasteiger partial charge in [-0.1, -0.05) is 0 Å². The van der Waals surface area contributed by atoms with Crippen molar-refractivity contribution in [2.45, 2.75) is 27.7 Å². The Kier molecular flexibility index (Phi) is 22.6. The maximum absolute atomic E-state index is 10.9. The van der Waals surface area contributed by atoms with Crippen LogP contribution in [0.4, 0.5) is 0 Å². The lowest BCUT2D eigenvalue weighted by Gasteiger charge is -1.98. The number of phenols is 2. The third-order valence-corrected chi connectivity index (χ3v) is 4.03. The summed E-state index contributed by atoms with van der Waals surface area (Å²) >= 11 is -1.72. The van der Waals surface area contributed by atoms with Gasteiger partial charge in [-0.05, 0) is 73.7 Å². The zero-order valence-electron chi connectivity index (χ0n) is 23.7. The standard InChI is InChI=1S/2C9H7NO2.C7H5NO.C4H6O3.Al.3ClH/c1-7(11)12-9-4-2-8(6-10)3-5-9;1-6(11)8-4-7(5-10)2-3-9(8)12;8-5-6-1-3-7(9)4-2-6;1-3(5)7-4(2)6;;;;/h2-5H,1H3;2-4,12H,1H3;1-4,9H;1-2H3;;3*1H/q;;;;+3;;;/p-3. The summed E-state index contributed by atoms with van der Waals surface area (Å²) in [5.74, 6) is -1.17. The molecule has 0 aliphatic heterocycles. The molecule has 0 saturated heterocycles. The lowest BCUT2D eigenvalue weighted by Crippen LogP contribution is -2.03. The topological polar surface area (TPSA) is 199 Å². The fourth-order valence-electron chi connectivity index (χ4n) is 2.39. The minimum absolute atomic E-state index is 0.0819. The van der Waals surface area contributed by atoms with E-state index >= 15 is 0 Å². The monoisotopic (exact) mass is 675 g/mol. The molecule has 0 aliphatic carbocycles. The van der Waals surface area contributed by atoms with Gasteiger partial charge < -0.3 is 19.7 Å². The van der Waals surface area contributed by atoms with E-state index in [1.54, 1.807) is 36.4 Å². The summed E-state index contributed by atoms with van der Waals surface area (Å²) in [6, 6.07) is 22.4. The second-order valence-electron chi connectivity index (χ2n) is 7.62. The average Bonchev–Trinajstić information content (AvgIpc) is 2.94. The van der Waals surface area contributed by atoms with Crippen molar-refractivity contribution in [3.05, 3.63) is 89.0 Å². The van der Waals surface area contributed by atoms with Gasteiger partial charge in [-0.3, -0.25) is 19.2 Å². The molecule has 0 radical (unpaired) electrons. The molecule has 0 fully saturated rings. The molecular formula is C29H25AlCl3N3O8. The number of benzene rings is 3. The molecule has 0 saturated carbocycles. The molecule has 228 valence electrons. The Labute approximate surface area is 270 Å². The number of Topliss-reactive ketones (excluding diaryl/α,β-unsaturated/α-hetero) is 1. The number of aromatic hydroxyl groups is 2. The zero-order chi connectivity index (χ0) is 34.2. The molecule has 0 atom stereocenters. The van der Waals surface area contributed by atoms with Gasteiger partial charge in [0.25, 0.3) is 0 Å². The van der Waals surface area contributed by atoms with Crippen LogP contribution in [0.15, 0.2) is 66.7 Å². The first-order valence-corrected chi connectivity index (χ1v) is 17.0. The Balaban J connectivity index is 0. The third-order valence-electron chi connectivity index (χ3n) is 4.03. The molecule has 3 aromatic carbocycles. The number of nitrogens with zero attached hydrogens (tertiary/aromatic N) is 3. The fraction of sp³-hybridized carbons (Fsp3) is 0.138. The molecule has 44 heavy (non-hydrogen) atoms. The number of ketones is 1. The highest BCUT2D eigenvalue weighted by atomic mass is 35.8. The van der Waals surface area contributed by atoms with Crippen LogP contribution in [0.2, 0.25) is 0 Å². The van der Waals surface area contributed by atoms with E-state index in [0.717, 1.165) is 0 Å². The third kappa shape index (κ3) is 23.0. The number of hydrogen-bond donors (Lipinski definition) is 2. The number of phenolic OH excluding ortho intramolecular Hbond substituents is 2. The van der Waals surface area contributed by atoms with Gasteiger partial charge in [0.1, 0.15) is 17.2 Å². The van der Waals surface area contributed by atoms with Crippen molar-refractivity contribution in [3.63, 3.8) is 0 Å². The van der Waals surface area contributed by atoms with Crippen molar-refractivity contribution >= 4 is 65.2 Å². The van der Waals surface area contributed by atoms with Gasteiger partial charge in [-0.15, -0.1) is 0 Å². The maximum atomic E-state index is 10.9. The molecule has 0 heterocycles. The lowest BCUT2D eigenvalue weighted by molar-refractivity contribution is -0.156. The van der Waals surface area contributed by atoms with Gasteiger partial charge in [-0.2, -0.15) is 15.8 Å². The van der Waals surface area contributed by atoms with Crippen molar-refractivity contribution in [1.82, 2.24) is 0 Å². The predicted octanol–water partition coefficient (Wildman–Crippen LogP) is 6.00. The van der Waals surface area contributed by atoms with E-state index in [1.165, 1.54) is 58.0 Å². The number of carbonyl (C=O) groups excluding carboxylic acids is 4. The van der Waals surface area contributed by atoms with Crippen LogP contribution < -0.4 is 4.74 Å². The normalized spacial score (nSPS) is 8.36. The number of rotatable bonds is 2. The van der Waals surface area contributed by atoms with Gasteiger partial charge in [0, 0.05) is 20.8 Å². The van der Waals surface area contributed by atoms with E-state index in [2.05, 4.69) is 4.74 Å². The number of carbonyl (C=O) groups is 4. The van der Waals surface area contributed by atoms with E-state index in [-0.39, 0.29) is 28.8 Å². The lowest BCUT2D eigenvalue weighted by atomic mass is 10.1. The van der Waals surface area contributed by atoms with Gasteiger partial charge in [0.05, 0.1) is 40.5 Å². The Morgan fingerprint density at radius 2 is 1.05 bits per heavy atom.